The van der Waals surface area contributed by atoms with E-state index in [2.05, 4.69) is 15.3 Å². The van der Waals surface area contributed by atoms with Crippen molar-refractivity contribution in [2.24, 2.45) is 28.9 Å². The molecule has 130 valence electrons. The number of aromatic amines is 1. The highest BCUT2D eigenvalue weighted by molar-refractivity contribution is 6.06. The molecule has 5 saturated carbocycles. The summed E-state index contributed by atoms with van der Waals surface area (Å²) in [5.74, 6) is 1.45. The van der Waals surface area contributed by atoms with Gasteiger partial charge in [0.15, 0.2) is 0 Å². The van der Waals surface area contributed by atoms with Crippen molar-refractivity contribution >= 4 is 22.6 Å². The summed E-state index contributed by atoms with van der Waals surface area (Å²) < 4.78 is 0. The van der Waals surface area contributed by atoms with Crippen LogP contribution in [0.2, 0.25) is 0 Å². The molecule has 5 N–H and O–H groups in total. The highest BCUT2D eigenvalue weighted by Crippen LogP contribution is 2.76. The number of aliphatic hydroxyl groups is 1. The molecule has 1 amide bonds. The molecule has 0 aliphatic heterocycles. The molecule has 2 aromatic rings. The number of nitrogens with two attached hydrogens (primary N) is 1. The van der Waals surface area contributed by atoms with Gasteiger partial charge in [0.2, 0.25) is 0 Å². The molecule has 6 nitrogen and oxygen atoms in total. The summed E-state index contributed by atoms with van der Waals surface area (Å²) in [5, 5.41) is 15.6. The van der Waals surface area contributed by atoms with E-state index in [9.17, 15) is 9.90 Å². The number of nitrogens with zero attached hydrogens (tertiary/aromatic N) is 1. The monoisotopic (exact) mass is 338 g/mol. The third-order valence-corrected chi connectivity index (χ3v) is 7.54. The quantitative estimate of drug-likeness (QED) is 0.687. The second kappa shape index (κ2) is 4.18. The third kappa shape index (κ3) is 1.68. The molecule has 0 saturated heterocycles. The Morgan fingerprint density at radius 3 is 3.04 bits per heavy atom. The molecule has 5 aliphatic carbocycles. The maximum Gasteiger partial charge on any atom is 0.252 e. The van der Waals surface area contributed by atoms with E-state index < -0.39 is 11.5 Å². The zero-order chi connectivity index (χ0) is 17.0. The maximum absolute atomic E-state index is 12.0. The topological polar surface area (TPSA) is 104 Å². The van der Waals surface area contributed by atoms with Crippen LogP contribution in [0.1, 0.15) is 42.5 Å². The number of H-pyrrole nitrogens is 1. The van der Waals surface area contributed by atoms with Crippen LogP contribution in [0, 0.1) is 23.2 Å². The number of fused-ring (bicyclic) bond motifs is 1. The standard InChI is InChI=1S/C19H22N4O2/c20-16(24)12-7-22-17-11(1-2-21-17)14(12)23-15-10-3-9-4-18(25,5-10)8-19(15)6-13(9)19/h1-2,7,9-10,13,15,25H,3-6,8H2,(H2,20,24)(H2,21,22,23)/t9-,10-,13-,15-,18-,19?/m0/s1. The van der Waals surface area contributed by atoms with E-state index in [-0.39, 0.29) is 5.41 Å². The highest BCUT2D eigenvalue weighted by Gasteiger charge is 2.74. The summed E-state index contributed by atoms with van der Waals surface area (Å²) in [4.78, 5) is 19.4. The summed E-state index contributed by atoms with van der Waals surface area (Å²) in [6.45, 7) is 0. The normalized spacial score (nSPS) is 43.2. The average Bonchev–Trinajstić information content (AvgIpc) is 3.07. The van der Waals surface area contributed by atoms with E-state index in [0.29, 0.717) is 23.4 Å². The number of hydrogen-bond donors (Lipinski definition) is 4. The SMILES string of the molecule is NC(=O)c1cnc2[nH]ccc2c1N[C@H]1[C@H]2C[C@H]3C[C@](O)(C2)CC12C[C@@H]32. The fraction of sp³-hybridized carbons (Fsp3) is 0.579. The highest BCUT2D eigenvalue weighted by atomic mass is 16.3. The van der Waals surface area contributed by atoms with E-state index >= 15 is 0 Å². The Labute approximate surface area is 145 Å². The number of rotatable bonds is 3. The Hall–Kier alpha value is -2.08. The van der Waals surface area contributed by atoms with Gasteiger partial charge in [0.25, 0.3) is 5.91 Å². The van der Waals surface area contributed by atoms with Crippen molar-refractivity contribution in [3.63, 3.8) is 0 Å². The number of nitrogens with one attached hydrogen (secondary N) is 2. The molecule has 6 heteroatoms. The van der Waals surface area contributed by atoms with Crippen molar-refractivity contribution < 1.29 is 9.90 Å². The van der Waals surface area contributed by atoms with Gasteiger partial charge in [-0.15, -0.1) is 0 Å². The Kier molecular flexibility index (Phi) is 2.36. The van der Waals surface area contributed by atoms with Gasteiger partial charge in [-0.2, -0.15) is 0 Å². The molecule has 1 unspecified atom stereocenters. The molecule has 5 aliphatic rings. The Morgan fingerprint density at radius 1 is 1.36 bits per heavy atom. The van der Waals surface area contributed by atoms with Crippen LogP contribution in [0.3, 0.4) is 0 Å². The first kappa shape index (κ1) is 14.1. The van der Waals surface area contributed by atoms with Gasteiger partial charge in [-0.05, 0) is 61.3 Å². The zero-order valence-corrected chi connectivity index (χ0v) is 14.0. The van der Waals surface area contributed by atoms with Crippen LogP contribution in [0.4, 0.5) is 5.69 Å². The van der Waals surface area contributed by atoms with E-state index in [4.69, 9.17) is 5.73 Å². The number of pyridine rings is 1. The van der Waals surface area contributed by atoms with E-state index in [1.807, 2.05) is 12.3 Å². The molecule has 7 rings (SSSR count). The summed E-state index contributed by atoms with van der Waals surface area (Å²) in [5.41, 5.74) is 7.40. The van der Waals surface area contributed by atoms with E-state index in [1.54, 1.807) is 6.20 Å². The van der Waals surface area contributed by atoms with Crippen LogP contribution in [-0.4, -0.2) is 32.6 Å². The van der Waals surface area contributed by atoms with Crippen molar-refractivity contribution in [3.05, 3.63) is 24.0 Å². The molecule has 5 fully saturated rings. The fourth-order valence-electron chi connectivity index (χ4n) is 6.83. The minimum Gasteiger partial charge on any atom is -0.390 e. The maximum atomic E-state index is 12.0. The molecular formula is C19H22N4O2. The van der Waals surface area contributed by atoms with Crippen molar-refractivity contribution in [2.75, 3.05) is 5.32 Å². The Bertz CT molecular complexity index is 923. The number of amides is 1. The Balaban J connectivity index is 1.45. The zero-order valence-electron chi connectivity index (χ0n) is 14.0. The summed E-state index contributed by atoms with van der Waals surface area (Å²) in [7, 11) is 0. The smallest absolute Gasteiger partial charge is 0.252 e. The average molecular weight is 338 g/mol. The molecule has 6 atom stereocenters. The van der Waals surface area contributed by atoms with Gasteiger partial charge in [-0.25, -0.2) is 4.98 Å². The van der Waals surface area contributed by atoms with Crippen LogP contribution in [-0.2, 0) is 0 Å². The number of primary amides is 1. The van der Waals surface area contributed by atoms with Crippen molar-refractivity contribution in [1.29, 1.82) is 0 Å². The second-order valence-corrected chi connectivity index (χ2v) is 8.88. The van der Waals surface area contributed by atoms with Crippen LogP contribution >= 0.6 is 0 Å². The summed E-state index contributed by atoms with van der Waals surface area (Å²) in [6.07, 6.45) is 8.58. The van der Waals surface area contributed by atoms with Gasteiger partial charge in [0.05, 0.1) is 16.9 Å². The number of hydrogen-bond acceptors (Lipinski definition) is 4. The number of carbonyl (C=O) groups excluding carboxylic acids is 1. The van der Waals surface area contributed by atoms with E-state index in [0.717, 1.165) is 41.9 Å². The van der Waals surface area contributed by atoms with Crippen LogP contribution in [0.15, 0.2) is 18.5 Å². The largest absolute Gasteiger partial charge is 0.390 e. The Morgan fingerprint density at radius 2 is 2.20 bits per heavy atom. The molecule has 2 aromatic heterocycles. The first-order chi connectivity index (χ1) is 12.0. The first-order valence-electron chi connectivity index (χ1n) is 9.24. The second-order valence-electron chi connectivity index (χ2n) is 8.88. The molecular weight excluding hydrogens is 316 g/mol. The van der Waals surface area contributed by atoms with Gasteiger partial charge >= 0.3 is 0 Å². The molecule has 0 radical (unpaired) electrons. The van der Waals surface area contributed by atoms with Gasteiger partial charge < -0.3 is 21.1 Å². The fourth-order valence-corrected chi connectivity index (χ4v) is 6.83. The lowest BCUT2D eigenvalue weighted by molar-refractivity contribution is -0.134. The molecule has 1 spiro atoms. The summed E-state index contributed by atoms with van der Waals surface area (Å²) in [6, 6.07) is 2.26. The van der Waals surface area contributed by atoms with Gasteiger partial charge in [-0.3, -0.25) is 4.79 Å². The van der Waals surface area contributed by atoms with Gasteiger partial charge in [0, 0.05) is 23.8 Å². The predicted molar refractivity (Wildman–Crippen MR) is 93.0 cm³/mol. The van der Waals surface area contributed by atoms with Crippen LogP contribution in [0.5, 0.6) is 0 Å². The number of aromatic nitrogens is 2. The number of carbonyl (C=O) groups is 1. The molecule has 0 aromatic carbocycles. The minimum absolute atomic E-state index is 0.208. The minimum atomic E-state index is -0.453. The van der Waals surface area contributed by atoms with Crippen molar-refractivity contribution in [1.82, 2.24) is 9.97 Å². The van der Waals surface area contributed by atoms with Crippen molar-refractivity contribution in [3.8, 4) is 0 Å². The molecule has 2 heterocycles. The lowest BCUT2D eigenvalue weighted by Crippen LogP contribution is -2.60. The first-order valence-corrected chi connectivity index (χ1v) is 9.24. The lowest BCUT2D eigenvalue weighted by atomic mass is 9.52. The van der Waals surface area contributed by atoms with Crippen molar-refractivity contribution in [2.45, 2.75) is 43.7 Å². The number of anilines is 1. The third-order valence-electron chi connectivity index (χ3n) is 7.54. The predicted octanol–water partition coefficient (Wildman–Crippen LogP) is 2.01. The molecule has 4 bridgehead atoms. The van der Waals surface area contributed by atoms with Gasteiger partial charge in [0.1, 0.15) is 5.65 Å². The van der Waals surface area contributed by atoms with Crippen LogP contribution in [0.25, 0.3) is 11.0 Å². The van der Waals surface area contributed by atoms with Gasteiger partial charge in [-0.1, -0.05) is 0 Å². The molecule has 25 heavy (non-hydrogen) atoms. The summed E-state index contributed by atoms with van der Waals surface area (Å²) >= 11 is 0. The van der Waals surface area contributed by atoms with Crippen LogP contribution < -0.4 is 11.1 Å². The lowest BCUT2D eigenvalue weighted by Gasteiger charge is -2.58. The van der Waals surface area contributed by atoms with E-state index in [1.165, 1.54) is 12.8 Å².